The van der Waals surface area contributed by atoms with E-state index in [0.717, 1.165) is 43.6 Å². The van der Waals surface area contributed by atoms with E-state index in [0.29, 0.717) is 51.1 Å². The number of nitrogens with zero attached hydrogens (tertiary/aromatic N) is 3. The maximum absolute atomic E-state index is 13.0. The van der Waals surface area contributed by atoms with E-state index in [1.54, 1.807) is 4.90 Å². The molecule has 39 heavy (non-hydrogen) atoms. The number of carbonyl (C=O) groups is 2. The highest BCUT2D eigenvalue weighted by molar-refractivity contribution is 5.94. The van der Waals surface area contributed by atoms with Gasteiger partial charge in [0.05, 0.1) is 26.0 Å². The molecule has 2 amide bonds. The van der Waals surface area contributed by atoms with Crippen molar-refractivity contribution in [1.29, 1.82) is 0 Å². The number of rotatable bonds is 15. The van der Waals surface area contributed by atoms with Crippen molar-refractivity contribution in [3.63, 3.8) is 0 Å². The van der Waals surface area contributed by atoms with E-state index in [1.165, 1.54) is 0 Å². The van der Waals surface area contributed by atoms with Crippen LogP contribution in [0.4, 0.5) is 5.69 Å². The first kappa shape index (κ1) is 30.6. The quantitative estimate of drug-likeness (QED) is 0.338. The van der Waals surface area contributed by atoms with Crippen LogP contribution in [0.5, 0.6) is 0 Å². The van der Waals surface area contributed by atoms with Gasteiger partial charge in [0, 0.05) is 53.0 Å². The van der Waals surface area contributed by atoms with Gasteiger partial charge in [0.2, 0.25) is 5.91 Å². The summed E-state index contributed by atoms with van der Waals surface area (Å²) in [5.41, 5.74) is 2.82. The lowest BCUT2D eigenvalue weighted by Gasteiger charge is -2.31. The molecule has 1 atom stereocenters. The molecule has 1 saturated heterocycles. The fraction of sp³-hybridized carbons (Fsp3) is 0.548. The van der Waals surface area contributed by atoms with Crippen molar-refractivity contribution in [2.24, 2.45) is 5.92 Å². The Kier molecular flexibility index (Phi) is 12.7. The van der Waals surface area contributed by atoms with Crippen LogP contribution in [0, 0.1) is 12.8 Å². The lowest BCUT2D eigenvalue weighted by Crippen LogP contribution is -2.46. The number of aryl methyl sites for hydroxylation is 1. The third-order valence-electron chi connectivity index (χ3n) is 7.36. The van der Waals surface area contributed by atoms with E-state index in [4.69, 9.17) is 9.47 Å². The summed E-state index contributed by atoms with van der Waals surface area (Å²) in [6.45, 7) is 8.60. The van der Waals surface area contributed by atoms with Gasteiger partial charge in [-0.15, -0.1) is 0 Å². The molecule has 3 rings (SSSR count). The van der Waals surface area contributed by atoms with Gasteiger partial charge in [-0.2, -0.15) is 0 Å². The third-order valence-corrected chi connectivity index (χ3v) is 7.36. The van der Waals surface area contributed by atoms with Crippen molar-refractivity contribution in [3.05, 3.63) is 65.7 Å². The number of anilines is 1. The minimum Gasteiger partial charge on any atom is -0.381 e. The predicted octanol–water partition coefficient (Wildman–Crippen LogP) is 4.39. The van der Waals surface area contributed by atoms with Gasteiger partial charge in [-0.3, -0.25) is 14.5 Å². The molecule has 1 heterocycles. The zero-order valence-electron chi connectivity index (χ0n) is 24.1. The second-order valence-corrected chi connectivity index (χ2v) is 10.5. The predicted molar refractivity (Wildman–Crippen MR) is 158 cm³/mol. The van der Waals surface area contributed by atoms with E-state index < -0.39 is 0 Å². The Morgan fingerprint density at radius 1 is 1.10 bits per heavy atom. The number of hydrogen-bond donors (Lipinski definition) is 1. The molecular formula is C31H48N4O4. The van der Waals surface area contributed by atoms with E-state index in [9.17, 15) is 9.59 Å². The molecule has 1 N–H and O–H groups in total. The third kappa shape index (κ3) is 10.3. The molecule has 1 fully saturated rings. The van der Waals surface area contributed by atoms with Crippen LogP contribution >= 0.6 is 0 Å². The topological polar surface area (TPSA) is 74.4 Å². The van der Waals surface area contributed by atoms with Gasteiger partial charge >= 0.3 is 0 Å². The number of carbonyl (C=O) groups excluding carboxylic acids is 2. The summed E-state index contributed by atoms with van der Waals surface area (Å²) >= 11 is 0. The minimum absolute atomic E-state index is 0. The summed E-state index contributed by atoms with van der Waals surface area (Å²) in [7, 11) is 3.84. The van der Waals surface area contributed by atoms with Crippen LogP contribution in [-0.4, -0.2) is 88.1 Å². The highest BCUT2D eigenvalue weighted by Crippen LogP contribution is 2.20. The Hall–Kier alpha value is -2.94. The smallest absolute Gasteiger partial charge is 0.251 e. The van der Waals surface area contributed by atoms with Gasteiger partial charge in [0.25, 0.3) is 5.91 Å². The molecule has 8 nitrogen and oxygen atoms in total. The minimum atomic E-state index is -0.0718. The molecule has 1 aliphatic heterocycles. The lowest BCUT2D eigenvalue weighted by molar-refractivity contribution is -0.130. The van der Waals surface area contributed by atoms with Crippen LogP contribution in [0.25, 0.3) is 0 Å². The number of nitrogens with one attached hydrogen (secondary N) is 1. The Labute approximate surface area is 235 Å². The molecule has 0 radical (unpaired) electrons. The van der Waals surface area contributed by atoms with E-state index in [-0.39, 0.29) is 19.3 Å². The SMILES string of the molecule is CCN(CCCC(=O)N(C)CN(C)c1ccccc1)COC[C@H](NC(=O)c1cccc(C)c1)C1CCOCC1.[HH]. The van der Waals surface area contributed by atoms with Crippen molar-refractivity contribution < 1.29 is 20.5 Å². The summed E-state index contributed by atoms with van der Waals surface area (Å²) in [4.78, 5) is 31.7. The van der Waals surface area contributed by atoms with Crippen molar-refractivity contribution in [1.82, 2.24) is 15.1 Å². The molecule has 216 valence electrons. The first-order chi connectivity index (χ1) is 18.9. The standard InChI is InChI=1S/C31H46N4O4.H2/c1-5-35(18-10-15-30(36)34(4)23-33(3)28-13-7-6-8-14-28)24-39-22-29(26-16-19-38-20-17-26)32-31(37)27-12-9-11-25(2)21-27;/h6-9,11-14,21,26,29H,5,10,15-20,22-24H2,1-4H3,(H,32,37);1H/t29-;/m0./s1. The first-order valence-corrected chi connectivity index (χ1v) is 14.1. The zero-order chi connectivity index (χ0) is 28.0. The molecule has 2 aromatic rings. The van der Waals surface area contributed by atoms with E-state index in [1.807, 2.05) is 75.6 Å². The van der Waals surface area contributed by atoms with Gasteiger partial charge in [-0.25, -0.2) is 0 Å². The molecule has 0 spiro atoms. The largest absolute Gasteiger partial charge is 0.381 e. The number of para-hydroxylation sites is 1. The van der Waals surface area contributed by atoms with Gasteiger partial charge in [-0.05, 0) is 62.9 Å². The number of amides is 2. The molecule has 8 heteroatoms. The maximum atomic E-state index is 13.0. The van der Waals surface area contributed by atoms with Crippen LogP contribution < -0.4 is 10.2 Å². The Bertz CT molecular complexity index is 1020. The molecule has 0 aromatic heterocycles. The van der Waals surface area contributed by atoms with Crippen LogP contribution in [0.1, 0.15) is 50.0 Å². The molecule has 1 aliphatic rings. The van der Waals surface area contributed by atoms with Crippen molar-refractivity contribution in [2.75, 3.05) is 65.3 Å². The second kappa shape index (κ2) is 16.2. The van der Waals surface area contributed by atoms with Crippen molar-refractivity contribution >= 4 is 17.5 Å². The summed E-state index contributed by atoms with van der Waals surface area (Å²) in [5, 5.41) is 3.23. The van der Waals surface area contributed by atoms with Crippen LogP contribution in [0.15, 0.2) is 54.6 Å². The lowest BCUT2D eigenvalue weighted by atomic mass is 9.92. The van der Waals surface area contributed by atoms with Crippen LogP contribution in [-0.2, 0) is 14.3 Å². The highest BCUT2D eigenvalue weighted by atomic mass is 16.5. The monoisotopic (exact) mass is 540 g/mol. The zero-order valence-corrected chi connectivity index (χ0v) is 24.1. The molecule has 0 unspecified atom stereocenters. The van der Waals surface area contributed by atoms with Crippen molar-refractivity contribution in [3.8, 4) is 0 Å². The average molecular weight is 541 g/mol. The maximum Gasteiger partial charge on any atom is 0.251 e. The fourth-order valence-electron chi connectivity index (χ4n) is 4.88. The number of benzene rings is 2. The first-order valence-electron chi connectivity index (χ1n) is 14.1. The van der Waals surface area contributed by atoms with Crippen molar-refractivity contribution in [2.45, 2.75) is 45.6 Å². The molecule has 0 bridgehead atoms. The van der Waals surface area contributed by atoms with Crippen LogP contribution in [0.2, 0.25) is 0 Å². The summed E-state index contributed by atoms with van der Waals surface area (Å²) < 4.78 is 11.7. The molecule has 2 aromatic carbocycles. The van der Waals surface area contributed by atoms with E-state index in [2.05, 4.69) is 22.0 Å². The Balaban J connectivity index is 0.00000560. The summed E-state index contributed by atoms with van der Waals surface area (Å²) in [5.74, 6) is 0.393. The van der Waals surface area contributed by atoms with Gasteiger partial charge in [0.15, 0.2) is 0 Å². The summed E-state index contributed by atoms with van der Waals surface area (Å²) in [6.07, 6.45) is 3.08. The van der Waals surface area contributed by atoms with Crippen LogP contribution in [0.3, 0.4) is 0 Å². The average Bonchev–Trinajstić information content (AvgIpc) is 2.96. The Morgan fingerprint density at radius 2 is 1.85 bits per heavy atom. The second-order valence-electron chi connectivity index (χ2n) is 10.5. The number of ether oxygens (including phenoxy) is 2. The van der Waals surface area contributed by atoms with Gasteiger partial charge < -0.3 is 24.6 Å². The molecule has 0 saturated carbocycles. The van der Waals surface area contributed by atoms with E-state index >= 15 is 0 Å². The van der Waals surface area contributed by atoms with Gasteiger partial charge in [-0.1, -0.05) is 42.8 Å². The summed E-state index contributed by atoms with van der Waals surface area (Å²) in [6, 6.07) is 17.7. The number of hydrogen-bond acceptors (Lipinski definition) is 6. The van der Waals surface area contributed by atoms with Gasteiger partial charge in [0.1, 0.15) is 0 Å². The molecular weight excluding hydrogens is 492 g/mol. The fourth-order valence-corrected chi connectivity index (χ4v) is 4.88. The Morgan fingerprint density at radius 3 is 2.54 bits per heavy atom. The normalized spacial score (nSPS) is 14.7. The molecule has 0 aliphatic carbocycles. The highest BCUT2D eigenvalue weighted by Gasteiger charge is 2.26.